The monoisotopic (exact) mass is 283 g/mol. The SMILES string of the molecule is C[C@H](N)c1ccc2ccccc2c1OC1CCCCCC1. The molecule has 0 saturated heterocycles. The van der Waals surface area contributed by atoms with Crippen LogP contribution in [0.2, 0.25) is 0 Å². The Balaban J connectivity index is 1.99. The molecule has 1 atom stereocenters. The molecule has 0 aromatic heterocycles. The van der Waals surface area contributed by atoms with Crippen LogP contribution in [0.1, 0.15) is 57.1 Å². The molecule has 2 N–H and O–H groups in total. The van der Waals surface area contributed by atoms with Gasteiger partial charge in [-0.25, -0.2) is 0 Å². The van der Waals surface area contributed by atoms with E-state index in [1.807, 2.05) is 6.92 Å². The summed E-state index contributed by atoms with van der Waals surface area (Å²) >= 11 is 0. The predicted molar refractivity (Wildman–Crippen MR) is 88.7 cm³/mol. The van der Waals surface area contributed by atoms with Crippen molar-refractivity contribution in [2.75, 3.05) is 0 Å². The molecule has 1 saturated carbocycles. The van der Waals surface area contributed by atoms with Gasteiger partial charge in [0, 0.05) is 17.0 Å². The van der Waals surface area contributed by atoms with Crippen LogP contribution in [0.5, 0.6) is 5.75 Å². The molecule has 0 bridgehead atoms. The van der Waals surface area contributed by atoms with E-state index in [1.54, 1.807) is 0 Å². The highest BCUT2D eigenvalue weighted by molar-refractivity contribution is 5.89. The summed E-state index contributed by atoms with van der Waals surface area (Å²) in [5, 5.41) is 2.42. The topological polar surface area (TPSA) is 35.2 Å². The number of hydrogen-bond acceptors (Lipinski definition) is 2. The molecule has 2 aromatic carbocycles. The Labute approximate surface area is 127 Å². The first kappa shape index (κ1) is 14.4. The van der Waals surface area contributed by atoms with E-state index in [9.17, 15) is 0 Å². The lowest BCUT2D eigenvalue weighted by atomic mass is 10.0. The molecule has 112 valence electrons. The average molecular weight is 283 g/mol. The van der Waals surface area contributed by atoms with Gasteiger partial charge in [0.2, 0.25) is 0 Å². The van der Waals surface area contributed by atoms with Gasteiger partial charge in [-0.3, -0.25) is 0 Å². The molecule has 21 heavy (non-hydrogen) atoms. The standard InChI is InChI=1S/C19H25NO/c1-14(20)17-13-12-15-8-6-7-11-18(15)19(17)21-16-9-4-2-3-5-10-16/h6-8,11-14,16H,2-5,9-10,20H2,1H3/t14-/m0/s1. The van der Waals surface area contributed by atoms with Crippen molar-refractivity contribution in [3.05, 3.63) is 42.0 Å². The number of hydrogen-bond donors (Lipinski definition) is 1. The lowest BCUT2D eigenvalue weighted by Crippen LogP contribution is -2.18. The highest BCUT2D eigenvalue weighted by atomic mass is 16.5. The van der Waals surface area contributed by atoms with Crippen LogP contribution in [-0.4, -0.2) is 6.10 Å². The summed E-state index contributed by atoms with van der Waals surface area (Å²) in [6, 6.07) is 12.7. The van der Waals surface area contributed by atoms with E-state index in [0.29, 0.717) is 6.10 Å². The van der Waals surface area contributed by atoms with E-state index in [4.69, 9.17) is 10.5 Å². The van der Waals surface area contributed by atoms with Crippen molar-refractivity contribution in [3.63, 3.8) is 0 Å². The van der Waals surface area contributed by atoms with E-state index in [0.717, 1.165) is 11.3 Å². The van der Waals surface area contributed by atoms with Gasteiger partial charge in [0.1, 0.15) is 5.75 Å². The number of ether oxygens (including phenoxy) is 1. The third-order valence-corrected chi connectivity index (χ3v) is 4.49. The first-order valence-corrected chi connectivity index (χ1v) is 8.19. The number of nitrogens with two attached hydrogens (primary N) is 1. The van der Waals surface area contributed by atoms with Gasteiger partial charge in [0.25, 0.3) is 0 Å². The van der Waals surface area contributed by atoms with E-state index < -0.39 is 0 Å². The van der Waals surface area contributed by atoms with Crippen LogP contribution >= 0.6 is 0 Å². The molecule has 2 heteroatoms. The van der Waals surface area contributed by atoms with Crippen LogP contribution in [-0.2, 0) is 0 Å². The third kappa shape index (κ3) is 3.21. The van der Waals surface area contributed by atoms with Gasteiger partial charge in [-0.1, -0.05) is 49.2 Å². The van der Waals surface area contributed by atoms with Crippen molar-refractivity contribution < 1.29 is 4.74 Å². The van der Waals surface area contributed by atoms with Crippen molar-refractivity contribution in [2.24, 2.45) is 5.73 Å². The molecular formula is C19H25NO. The summed E-state index contributed by atoms with van der Waals surface area (Å²) in [5.74, 6) is 1.01. The zero-order chi connectivity index (χ0) is 14.7. The third-order valence-electron chi connectivity index (χ3n) is 4.49. The maximum absolute atomic E-state index is 6.46. The minimum absolute atomic E-state index is 0.00427. The number of rotatable bonds is 3. The zero-order valence-corrected chi connectivity index (χ0v) is 12.8. The van der Waals surface area contributed by atoms with Gasteiger partial charge in [-0.15, -0.1) is 0 Å². The minimum atomic E-state index is -0.00427. The highest BCUT2D eigenvalue weighted by Crippen LogP contribution is 2.35. The molecule has 0 radical (unpaired) electrons. The number of benzene rings is 2. The van der Waals surface area contributed by atoms with Gasteiger partial charge in [0.15, 0.2) is 0 Å². The molecule has 2 aromatic rings. The second-order valence-electron chi connectivity index (χ2n) is 6.23. The summed E-state index contributed by atoms with van der Waals surface area (Å²) in [5.41, 5.74) is 7.28. The predicted octanol–water partition coefficient (Wildman–Crippen LogP) is 4.96. The van der Waals surface area contributed by atoms with Crippen LogP contribution in [0.4, 0.5) is 0 Å². The van der Waals surface area contributed by atoms with Crippen LogP contribution < -0.4 is 10.5 Å². The lowest BCUT2D eigenvalue weighted by Gasteiger charge is -2.22. The van der Waals surface area contributed by atoms with Crippen LogP contribution in [0.15, 0.2) is 36.4 Å². The smallest absolute Gasteiger partial charge is 0.132 e. The summed E-state index contributed by atoms with van der Waals surface area (Å²) in [6.07, 6.45) is 7.93. The fourth-order valence-electron chi connectivity index (χ4n) is 3.28. The maximum atomic E-state index is 6.46. The van der Waals surface area contributed by atoms with E-state index >= 15 is 0 Å². The molecule has 0 aliphatic heterocycles. The Morgan fingerprint density at radius 2 is 1.71 bits per heavy atom. The second-order valence-corrected chi connectivity index (χ2v) is 6.23. The van der Waals surface area contributed by atoms with E-state index in [-0.39, 0.29) is 6.04 Å². The first-order valence-electron chi connectivity index (χ1n) is 8.19. The molecule has 0 heterocycles. The second kappa shape index (κ2) is 6.48. The lowest BCUT2D eigenvalue weighted by molar-refractivity contribution is 0.184. The summed E-state index contributed by atoms with van der Waals surface area (Å²) in [6.45, 7) is 2.03. The zero-order valence-electron chi connectivity index (χ0n) is 12.8. The largest absolute Gasteiger partial charge is 0.489 e. The van der Waals surface area contributed by atoms with Gasteiger partial charge in [-0.2, -0.15) is 0 Å². The van der Waals surface area contributed by atoms with Crippen molar-refractivity contribution in [1.29, 1.82) is 0 Å². The molecule has 1 aliphatic carbocycles. The van der Waals surface area contributed by atoms with Crippen molar-refractivity contribution >= 4 is 10.8 Å². The van der Waals surface area contributed by atoms with Crippen molar-refractivity contribution in [2.45, 2.75) is 57.6 Å². The van der Waals surface area contributed by atoms with Gasteiger partial charge >= 0.3 is 0 Å². The molecular weight excluding hydrogens is 258 g/mol. The Morgan fingerprint density at radius 1 is 1.00 bits per heavy atom. The summed E-state index contributed by atoms with van der Waals surface area (Å²) in [7, 11) is 0. The van der Waals surface area contributed by atoms with Crippen molar-refractivity contribution in [3.8, 4) is 5.75 Å². The molecule has 0 spiro atoms. The van der Waals surface area contributed by atoms with Crippen LogP contribution in [0.3, 0.4) is 0 Å². The quantitative estimate of drug-likeness (QED) is 0.808. The summed E-state index contributed by atoms with van der Waals surface area (Å²) < 4.78 is 6.46. The van der Waals surface area contributed by atoms with Crippen LogP contribution in [0.25, 0.3) is 10.8 Å². The van der Waals surface area contributed by atoms with Gasteiger partial charge in [0.05, 0.1) is 6.10 Å². The van der Waals surface area contributed by atoms with E-state index in [2.05, 4.69) is 36.4 Å². The van der Waals surface area contributed by atoms with E-state index in [1.165, 1.54) is 49.3 Å². The Kier molecular flexibility index (Phi) is 4.45. The fraction of sp³-hybridized carbons (Fsp3) is 0.474. The minimum Gasteiger partial charge on any atom is -0.489 e. The maximum Gasteiger partial charge on any atom is 0.132 e. The molecule has 1 aliphatic rings. The van der Waals surface area contributed by atoms with Crippen LogP contribution in [0, 0.1) is 0 Å². The molecule has 0 amide bonds. The van der Waals surface area contributed by atoms with Gasteiger partial charge in [-0.05, 0) is 38.0 Å². The fourth-order valence-corrected chi connectivity index (χ4v) is 3.28. The molecule has 3 rings (SSSR count). The summed E-state index contributed by atoms with van der Waals surface area (Å²) in [4.78, 5) is 0. The molecule has 2 nitrogen and oxygen atoms in total. The Bertz CT molecular complexity index is 598. The average Bonchev–Trinajstić information content (AvgIpc) is 2.76. The normalized spacial score (nSPS) is 18.4. The molecule has 0 unspecified atom stereocenters. The first-order chi connectivity index (χ1) is 10.3. The van der Waals surface area contributed by atoms with Gasteiger partial charge < -0.3 is 10.5 Å². The Morgan fingerprint density at radius 3 is 2.43 bits per heavy atom. The highest BCUT2D eigenvalue weighted by Gasteiger charge is 2.18. The number of fused-ring (bicyclic) bond motifs is 1. The van der Waals surface area contributed by atoms with Crippen molar-refractivity contribution in [1.82, 2.24) is 0 Å². The Hall–Kier alpha value is -1.54. The molecule has 1 fully saturated rings.